The van der Waals surface area contributed by atoms with Gasteiger partial charge in [-0.1, -0.05) is 103 Å². The van der Waals surface area contributed by atoms with Gasteiger partial charge < -0.3 is 4.42 Å². The van der Waals surface area contributed by atoms with Crippen molar-refractivity contribution in [3.05, 3.63) is 146 Å². The minimum absolute atomic E-state index is 0.919. The summed E-state index contributed by atoms with van der Waals surface area (Å²) in [6.45, 7) is 0. The Morgan fingerprint density at radius 3 is 2.12 bits per heavy atom. The van der Waals surface area contributed by atoms with Gasteiger partial charge in [0.1, 0.15) is 17.0 Å². The molecule has 2 aromatic heterocycles. The Morgan fingerprint density at radius 2 is 1.21 bits per heavy atom. The van der Waals surface area contributed by atoms with E-state index in [4.69, 9.17) is 9.40 Å². The molecule has 0 saturated carbocycles. The van der Waals surface area contributed by atoms with E-state index in [0.717, 1.165) is 55.4 Å². The van der Waals surface area contributed by atoms with E-state index >= 15 is 0 Å². The first-order valence-corrected chi connectivity index (χ1v) is 14.2. The molecule has 9 rings (SSSR count). The number of benzene rings is 7. The first-order chi connectivity index (χ1) is 20.8. The van der Waals surface area contributed by atoms with Crippen LogP contribution in [0.4, 0.5) is 0 Å². The van der Waals surface area contributed by atoms with Crippen LogP contribution in [-0.4, -0.2) is 9.55 Å². The van der Waals surface area contributed by atoms with E-state index in [1.807, 2.05) is 24.3 Å². The molecule has 0 aliphatic rings. The Kier molecular flexibility index (Phi) is 4.90. The smallest absolute Gasteiger partial charge is 0.145 e. The Balaban J connectivity index is 1.23. The Hall–Kier alpha value is -5.67. The molecule has 2 heterocycles. The van der Waals surface area contributed by atoms with Crippen LogP contribution in [0.25, 0.3) is 82.7 Å². The maximum atomic E-state index is 6.34. The molecule has 0 aliphatic carbocycles. The van der Waals surface area contributed by atoms with Crippen LogP contribution in [0, 0.1) is 0 Å². The SMILES string of the molecule is c1ccc(-c2nc3ccccc3n2-c2ccc3cc(-c4cc5c6ccccc6oc5c5ccccc45)ccc3c2)cc1. The van der Waals surface area contributed by atoms with Gasteiger partial charge in [-0.15, -0.1) is 0 Å². The molecule has 196 valence electrons. The van der Waals surface area contributed by atoms with Crippen molar-refractivity contribution in [1.82, 2.24) is 9.55 Å². The standard InChI is InChI=1S/C39H24N2O/c1-2-10-25(11-3-1)39-40-35-15-7-8-16-36(35)41(39)29-21-20-26-22-28(19-18-27(26)23-29)33-24-34-31-13-6-9-17-37(31)42-38(34)32-14-5-4-12-30(32)33/h1-24H. The molecule has 42 heavy (non-hydrogen) atoms. The lowest BCUT2D eigenvalue weighted by Gasteiger charge is -2.12. The average molecular weight is 537 g/mol. The van der Waals surface area contributed by atoms with Crippen LogP contribution in [-0.2, 0) is 0 Å². The number of furan rings is 1. The third kappa shape index (κ3) is 3.44. The zero-order chi connectivity index (χ0) is 27.6. The van der Waals surface area contributed by atoms with Gasteiger partial charge in [-0.05, 0) is 69.8 Å². The van der Waals surface area contributed by atoms with Crippen LogP contribution >= 0.6 is 0 Å². The second-order valence-electron chi connectivity index (χ2n) is 10.8. The summed E-state index contributed by atoms with van der Waals surface area (Å²) in [5.74, 6) is 0.944. The summed E-state index contributed by atoms with van der Waals surface area (Å²) in [5.41, 5.74) is 8.54. The summed E-state index contributed by atoms with van der Waals surface area (Å²) in [7, 11) is 0. The van der Waals surface area contributed by atoms with Crippen molar-refractivity contribution in [3.63, 3.8) is 0 Å². The van der Waals surface area contributed by atoms with Crippen molar-refractivity contribution in [2.24, 2.45) is 0 Å². The highest BCUT2D eigenvalue weighted by Crippen LogP contribution is 2.40. The molecule has 0 N–H and O–H groups in total. The zero-order valence-corrected chi connectivity index (χ0v) is 22.7. The molecule has 7 aromatic carbocycles. The number of para-hydroxylation sites is 3. The fourth-order valence-electron chi connectivity index (χ4n) is 6.39. The van der Waals surface area contributed by atoms with E-state index in [0.29, 0.717) is 0 Å². The number of rotatable bonds is 3. The van der Waals surface area contributed by atoms with Gasteiger partial charge in [0.2, 0.25) is 0 Å². The Morgan fingerprint density at radius 1 is 0.500 bits per heavy atom. The van der Waals surface area contributed by atoms with Crippen LogP contribution in [0.5, 0.6) is 0 Å². The molecule has 0 radical (unpaired) electrons. The molecule has 0 amide bonds. The lowest BCUT2D eigenvalue weighted by Crippen LogP contribution is -1.97. The first-order valence-electron chi connectivity index (χ1n) is 14.2. The lowest BCUT2D eigenvalue weighted by molar-refractivity contribution is 0.672. The number of fused-ring (bicyclic) bond motifs is 7. The normalized spacial score (nSPS) is 11.8. The summed E-state index contributed by atoms with van der Waals surface area (Å²) in [6.07, 6.45) is 0. The molecular weight excluding hydrogens is 512 g/mol. The van der Waals surface area contributed by atoms with E-state index in [1.54, 1.807) is 0 Å². The van der Waals surface area contributed by atoms with E-state index in [9.17, 15) is 0 Å². The molecule has 0 atom stereocenters. The second kappa shape index (κ2) is 8.92. The fraction of sp³-hybridized carbons (Fsp3) is 0. The van der Waals surface area contributed by atoms with E-state index in [2.05, 4.69) is 126 Å². The van der Waals surface area contributed by atoms with Gasteiger partial charge in [0, 0.05) is 27.4 Å². The summed E-state index contributed by atoms with van der Waals surface area (Å²) >= 11 is 0. The maximum absolute atomic E-state index is 6.34. The predicted octanol–water partition coefficient (Wildman–Crippen LogP) is 10.6. The van der Waals surface area contributed by atoms with Crippen molar-refractivity contribution in [2.45, 2.75) is 0 Å². The zero-order valence-electron chi connectivity index (χ0n) is 22.7. The highest BCUT2D eigenvalue weighted by molar-refractivity contribution is 6.19. The quantitative estimate of drug-likeness (QED) is 0.225. The first kappa shape index (κ1) is 23.1. The molecule has 0 aliphatic heterocycles. The molecule has 3 nitrogen and oxygen atoms in total. The second-order valence-corrected chi connectivity index (χ2v) is 10.8. The minimum Gasteiger partial charge on any atom is -0.455 e. The number of aromatic nitrogens is 2. The van der Waals surface area contributed by atoms with Gasteiger partial charge in [-0.3, -0.25) is 4.57 Å². The molecule has 0 fully saturated rings. The van der Waals surface area contributed by atoms with E-state index in [-0.39, 0.29) is 0 Å². The monoisotopic (exact) mass is 536 g/mol. The third-order valence-corrected chi connectivity index (χ3v) is 8.37. The van der Waals surface area contributed by atoms with Gasteiger partial charge in [0.05, 0.1) is 11.0 Å². The highest BCUT2D eigenvalue weighted by Gasteiger charge is 2.16. The van der Waals surface area contributed by atoms with Gasteiger partial charge in [0.25, 0.3) is 0 Å². The topological polar surface area (TPSA) is 31.0 Å². The Labute approximate surface area is 241 Å². The van der Waals surface area contributed by atoms with Crippen LogP contribution < -0.4 is 0 Å². The molecule has 0 saturated heterocycles. The largest absolute Gasteiger partial charge is 0.455 e. The van der Waals surface area contributed by atoms with Gasteiger partial charge in [-0.2, -0.15) is 0 Å². The van der Waals surface area contributed by atoms with E-state index in [1.165, 1.54) is 27.3 Å². The van der Waals surface area contributed by atoms with Crippen LogP contribution in [0.1, 0.15) is 0 Å². The minimum atomic E-state index is 0.919. The Bertz CT molecular complexity index is 2470. The maximum Gasteiger partial charge on any atom is 0.145 e. The summed E-state index contributed by atoms with van der Waals surface area (Å²) < 4.78 is 8.61. The summed E-state index contributed by atoms with van der Waals surface area (Å²) in [6, 6.07) is 51.4. The van der Waals surface area contributed by atoms with Crippen molar-refractivity contribution >= 4 is 54.5 Å². The molecule has 0 bridgehead atoms. The van der Waals surface area contributed by atoms with Crippen molar-refractivity contribution in [1.29, 1.82) is 0 Å². The number of imidazole rings is 1. The van der Waals surface area contributed by atoms with Crippen LogP contribution in [0.3, 0.4) is 0 Å². The number of hydrogen-bond acceptors (Lipinski definition) is 2. The fourth-order valence-corrected chi connectivity index (χ4v) is 6.39. The van der Waals surface area contributed by atoms with Gasteiger partial charge in [0.15, 0.2) is 0 Å². The lowest BCUT2D eigenvalue weighted by atomic mass is 9.94. The molecule has 0 unspecified atom stereocenters. The molecule has 9 aromatic rings. The number of nitrogens with zero attached hydrogens (tertiary/aromatic N) is 2. The van der Waals surface area contributed by atoms with Gasteiger partial charge >= 0.3 is 0 Å². The summed E-state index contributed by atoms with van der Waals surface area (Å²) in [4.78, 5) is 5.02. The average Bonchev–Trinajstić information content (AvgIpc) is 3.63. The van der Waals surface area contributed by atoms with Crippen LogP contribution in [0.15, 0.2) is 150 Å². The summed E-state index contributed by atoms with van der Waals surface area (Å²) in [5, 5.41) is 7.01. The molecular formula is C39H24N2O. The predicted molar refractivity (Wildman–Crippen MR) is 174 cm³/mol. The van der Waals surface area contributed by atoms with Crippen molar-refractivity contribution < 1.29 is 4.42 Å². The van der Waals surface area contributed by atoms with E-state index < -0.39 is 0 Å². The molecule has 3 heteroatoms. The third-order valence-electron chi connectivity index (χ3n) is 8.37. The van der Waals surface area contributed by atoms with Crippen molar-refractivity contribution in [3.8, 4) is 28.2 Å². The number of hydrogen-bond donors (Lipinski definition) is 0. The van der Waals surface area contributed by atoms with Crippen LogP contribution in [0.2, 0.25) is 0 Å². The van der Waals surface area contributed by atoms with Crippen molar-refractivity contribution in [2.75, 3.05) is 0 Å². The van der Waals surface area contributed by atoms with Gasteiger partial charge in [-0.25, -0.2) is 4.98 Å². The highest BCUT2D eigenvalue weighted by atomic mass is 16.3. The molecule has 0 spiro atoms.